The van der Waals surface area contributed by atoms with Gasteiger partial charge >= 0.3 is 5.97 Å². The van der Waals surface area contributed by atoms with Crippen molar-refractivity contribution in [2.45, 2.75) is 6.42 Å². The average molecular weight is 217 g/mol. The minimum absolute atomic E-state index is 0.112. The second-order valence-corrected chi connectivity index (χ2v) is 3.39. The predicted octanol–water partition coefficient (Wildman–Crippen LogP) is 1.08. The number of nitrogen functional groups attached to an aromatic ring is 1. The zero-order chi connectivity index (χ0) is 11.5. The number of carboxylic acids is 1. The van der Waals surface area contributed by atoms with Gasteiger partial charge in [-0.05, 0) is 12.1 Å². The standard InChI is InChI=1S/C11H11N3O2/c12-11-8(6-10(15)16)7-14(13-11)9-4-2-1-3-5-9/h1-5,7H,6H2,(H2,12,13)(H,15,16). The zero-order valence-electron chi connectivity index (χ0n) is 8.50. The van der Waals surface area contributed by atoms with Crippen LogP contribution in [0.1, 0.15) is 5.56 Å². The van der Waals surface area contributed by atoms with Crippen molar-refractivity contribution >= 4 is 11.8 Å². The Hall–Kier alpha value is -2.30. The molecule has 0 aliphatic carbocycles. The Morgan fingerprint density at radius 2 is 2.06 bits per heavy atom. The number of aromatic nitrogens is 2. The maximum Gasteiger partial charge on any atom is 0.308 e. The number of aliphatic carboxylic acids is 1. The van der Waals surface area contributed by atoms with E-state index in [9.17, 15) is 4.79 Å². The number of rotatable bonds is 3. The van der Waals surface area contributed by atoms with Gasteiger partial charge in [0, 0.05) is 11.8 Å². The van der Waals surface area contributed by atoms with Gasteiger partial charge in [-0.25, -0.2) is 4.68 Å². The van der Waals surface area contributed by atoms with E-state index in [1.807, 2.05) is 30.3 Å². The summed E-state index contributed by atoms with van der Waals surface area (Å²) in [6.07, 6.45) is 1.53. The van der Waals surface area contributed by atoms with Crippen LogP contribution < -0.4 is 5.73 Å². The lowest BCUT2D eigenvalue weighted by Gasteiger charge is -1.98. The van der Waals surface area contributed by atoms with E-state index >= 15 is 0 Å². The smallest absolute Gasteiger partial charge is 0.308 e. The molecule has 2 rings (SSSR count). The van der Waals surface area contributed by atoms with Crippen LogP contribution in [-0.4, -0.2) is 20.9 Å². The van der Waals surface area contributed by atoms with E-state index in [-0.39, 0.29) is 12.2 Å². The Morgan fingerprint density at radius 1 is 1.38 bits per heavy atom. The molecule has 1 heterocycles. The van der Waals surface area contributed by atoms with Gasteiger partial charge < -0.3 is 10.8 Å². The fourth-order valence-electron chi connectivity index (χ4n) is 1.44. The summed E-state index contributed by atoms with van der Waals surface area (Å²) in [4.78, 5) is 10.6. The van der Waals surface area contributed by atoms with E-state index in [1.54, 1.807) is 10.9 Å². The van der Waals surface area contributed by atoms with Gasteiger partial charge in [0.05, 0.1) is 12.1 Å². The molecule has 5 nitrogen and oxygen atoms in total. The van der Waals surface area contributed by atoms with Crippen LogP contribution in [0.25, 0.3) is 5.69 Å². The Labute approximate surface area is 92.1 Å². The number of nitrogens with zero attached hydrogens (tertiary/aromatic N) is 2. The van der Waals surface area contributed by atoms with Crippen molar-refractivity contribution in [1.82, 2.24) is 9.78 Å². The molecule has 0 unspecified atom stereocenters. The van der Waals surface area contributed by atoms with Gasteiger partial charge in [-0.1, -0.05) is 18.2 Å². The van der Waals surface area contributed by atoms with Crippen molar-refractivity contribution in [2.24, 2.45) is 0 Å². The highest BCUT2D eigenvalue weighted by Crippen LogP contribution is 2.14. The maximum atomic E-state index is 10.6. The third kappa shape index (κ3) is 2.03. The van der Waals surface area contributed by atoms with Crippen LogP contribution in [0.4, 0.5) is 5.82 Å². The number of hydrogen-bond donors (Lipinski definition) is 2. The second kappa shape index (κ2) is 4.06. The topological polar surface area (TPSA) is 81.1 Å². The van der Waals surface area contributed by atoms with E-state index < -0.39 is 5.97 Å². The zero-order valence-corrected chi connectivity index (χ0v) is 8.50. The number of nitrogens with two attached hydrogens (primary N) is 1. The number of anilines is 1. The summed E-state index contributed by atoms with van der Waals surface area (Å²) < 4.78 is 1.58. The minimum atomic E-state index is -0.917. The van der Waals surface area contributed by atoms with Crippen molar-refractivity contribution in [3.63, 3.8) is 0 Å². The van der Waals surface area contributed by atoms with Crippen molar-refractivity contribution < 1.29 is 9.90 Å². The van der Waals surface area contributed by atoms with Gasteiger partial charge in [-0.15, -0.1) is 0 Å². The van der Waals surface area contributed by atoms with Gasteiger partial charge in [0.1, 0.15) is 5.82 Å². The molecule has 0 atom stereocenters. The van der Waals surface area contributed by atoms with E-state index in [4.69, 9.17) is 10.8 Å². The van der Waals surface area contributed by atoms with Crippen LogP contribution in [-0.2, 0) is 11.2 Å². The Morgan fingerprint density at radius 3 is 2.69 bits per heavy atom. The molecule has 0 saturated heterocycles. The lowest BCUT2D eigenvalue weighted by molar-refractivity contribution is -0.136. The van der Waals surface area contributed by atoms with E-state index in [0.717, 1.165) is 5.69 Å². The third-order valence-electron chi connectivity index (χ3n) is 2.19. The first-order valence-electron chi connectivity index (χ1n) is 4.78. The quantitative estimate of drug-likeness (QED) is 0.806. The highest BCUT2D eigenvalue weighted by Gasteiger charge is 2.10. The number of carboxylic acid groups (broad SMARTS) is 1. The molecule has 82 valence electrons. The fourth-order valence-corrected chi connectivity index (χ4v) is 1.44. The summed E-state index contributed by atoms with van der Waals surface area (Å²) >= 11 is 0. The highest BCUT2D eigenvalue weighted by molar-refractivity contribution is 5.72. The van der Waals surface area contributed by atoms with E-state index in [1.165, 1.54) is 0 Å². The summed E-state index contributed by atoms with van der Waals surface area (Å²) in [5.74, 6) is -0.662. The number of benzene rings is 1. The highest BCUT2D eigenvalue weighted by atomic mass is 16.4. The first-order chi connectivity index (χ1) is 7.66. The molecule has 0 aliphatic heterocycles. The Kier molecular flexibility index (Phi) is 2.59. The molecule has 1 aromatic heterocycles. The van der Waals surface area contributed by atoms with Crippen LogP contribution in [0.15, 0.2) is 36.5 Å². The van der Waals surface area contributed by atoms with E-state index in [0.29, 0.717) is 5.56 Å². The molecular formula is C11H11N3O2. The largest absolute Gasteiger partial charge is 0.481 e. The van der Waals surface area contributed by atoms with Gasteiger partial charge in [0.2, 0.25) is 0 Å². The summed E-state index contributed by atoms with van der Waals surface area (Å²) in [5.41, 5.74) is 7.01. The molecule has 0 radical (unpaired) electrons. The van der Waals surface area contributed by atoms with Gasteiger partial charge in [0.15, 0.2) is 0 Å². The molecule has 0 saturated carbocycles. The molecule has 0 bridgehead atoms. The monoisotopic (exact) mass is 217 g/mol. The fraction of sp³-hybridized carbons (Fsp3) is 0.0909. The maximum absolute atomic E-state index is 10.6. The summed E-state index contributed by atoms with van der Waals surface area (Å²) in [6.45, 7) is 0. The van der Waals surface area contributed by atoms with Crippen molar-refractivity contribution in [3.05, 3.63) is 42.1 Å². The second-order valence-electron chi connectivity index (χ2n) is 3.39. The van der Waals surface area contributed by atoms with Crippen LogP contribution in [0.5, 0.6) is 0 Å². The number of hydrogen-bond acceptors (Lipinski definition) is 3. The SMILES string of the molecule is Nc1nn(-c2ccccc2)cc1CC(=O)O. The van der Waals surface area contributed by atoms with Crippen molar-refractivity contribution in [1.29, 1.82) is 0 Å². The molecule has 0 spiro atoms. The van der Waals surface area contributed by atoms with Gasteiger partial charge in [-0.2, -0.15) is 5.10 Å². The first kappa shape index (κ1) is 10.2. The summed E-state index contributed by atoms with van der Waals surface area (Å²) in [7, 11) is 0. The molecular weight excluding hydrogens is 206 g/mol. The lowest BCUT2D eigenvalue weighted by Crippen LogP contribution is -2.01. The van der Waals surface area contributed by atoms with Crippen LogP contribution in [0.2, 0.25) is 0 Å². The first-order valence-corrected chi connectivity index (χ1v) is 4.78. The lowest BCUT2D eigenvalue weighted by atomic mass is 10.2. The Bertz CT molecular complexity index is 505. The van der Waals surface area contributed by atoms with Crippen molar-refractivity contribution in [3.8, 4) is 5.69 Å². The van der Waals surface area contributed by atoms with Crippen LogP contribution in [0.3, 0.4) is 0 Å². The summed E-state index contributed by atoms with van der Waals surface area (Å²) in [6, 6.07) is 9.40. The van der Waals surface area contributed by atoms with Crippen molar-refractivity contribution in [2.75, 3.05) is 5.73 Å². The Balaban J connectivity index is 2.34. The summed E-state index contributed by atoms with van der Waals surface area (Å²) in [5, 5.41) is 12.7. The number of carbonyl (C=O) groups is 1. The predicted molar refractivity (Wildman–Crippen MR) is 59.3 cm³/mol. The van der Waals surface area contributed by atoms with Gasteiger partial charge in [-0.3, -0.25) is 4.79 Å². The molecule has 0 amide bonds. The molecule has 0 aliphatic rings. The number of para-hydroxylation sites is 1. The molecule has 1 aromatic carbocycles. The average Bonchev–Trinajstić information content (AvgIpc) is 2.61. The molecule has 3 N–H and O–H groups in total. The van der Waals surface area contributed by atoms with E-state index in [2.05, 4.69) is 5.10 Å². The normalized spacial score (nSPS) is 10.2. The molecule has 2 aromatic rings. The molecule has 5 heteroatoms. The third-order valence-corrected chi connectivity index (χ3v) is 2.19. The molecule has 0 fully saturated rings. The molecule has 16 heavy (non-hydrogen) atoms. The van der Waals surface area contributed by atoms with Crippen LogP contribution in [0, 0.1) is 0 Å². The van der Waals surface area contributed by atoms with Gasteiger partial charge in [0.25, 0.3) is 0 Å². The minimum Gasteiger partial charge on any atom is -0.481 e. The van der Waals surface area contributed by atoms with Crippen LogP contribution >= 0.6 is 0 Å².